The van der Waals surface area contributed by atoms with E-state index in [1.54, 1.807) is 22.8 Å². The van der Waals surface area contributed by atoms with Crippen LogP contribution >= 0.6 is 7.82 Å². The van der Waals surface area contributed by atoms with Crippen molar-refractivity contribution in [2.24, 2.45) is 0 Å². The Hall–Kier alpha value is -1.48. The first-order chi connectivity index (χ1) is 10.5. The topological polar surface area (TPSA) is 129 Å². The van der Waals surface area contributed by atoms with Gasteiger partial charge in [0, 0.05) is 0 Å². The highest BCUT2D eigenvalue weighted by atomic mass is 31.2. The molecule has 22 heavy (non-hydrogen) atoms. The number of benzene rings is 1. The van der Waals surface area contributed by atoms with Crippen molar-refractivity contribution in [3.05, 3.63) is 24.5 Å². The Bertz CT molecular complexity index is 779. The predicted molar refractivity (Wildman–Crippen MR) is 74.7 cm³/mol. The van der Waals surface area contributed by atoms with Crippen LogP contribution in [0.3, 0.4) is 0 Å². The molecule has 1 aromatic carbocycles. The molecular formula is C12H14N3O6P. The number of aliphatic hydroxyl groups is 1. The van der Waals surface area contributed by atoms with Gasteiger partial charge in [-0.05, 0) is 12.1 Å². The molecule has 2 aliphatic rings. The van der Waals surface area contributed by atoms with Gasteiger partial charge in [0.25, 0.3) is 0 Å². The Balaban J connectivity index is 1.71. The number of nitrogen functional groups attached to an aromatic ring is 1. The Morgan fingerprint density at radius 2 is 2.27 bits per heavy atom. The summed E-state index contributed by atoms with van der Waals surface area (Å²) in [5.74, 6) is 0. The van der Waals surface area contributed by atoms with Crippen LogP contribution in [0.25, 0.3) is 11.0 Å². The second-order valence-electron chi connectivity index (χ2n) is 5.26. The first kappa shape index (κ1) is 14.1. The van der Waals surface area contributed by atoms with E-state index in [2.05, 4.69) is 4.98 Å². The van der Waals surface area contributed by atoms with E-state index >= 15 is 0 Å². The van der Waals surface area contributed by atoms with Crippen LogP contribution in [0.5, 0.6) is 0 Å². The van der Waals surface area contributed by atoms with Crippen LogP contribution in [-0.4, -0.2) is 44.5 Å². The zero-order valence-corrected chi connectivity index (χ0v) is 12.2. The monoisotopic (exact) mass is 327 g/mol. The van der Waals surface area contributed by atoms with Gasteiger partial charge in [-0.25, -0.2) is 9.55 Å². The quantitative estimate of drug-likeness (QED) is 0.507. The number of imidazole rings is 1. The molecule has 0 spiro atoms. The molecule has 4 rings (SSSR count). The minimum absolute atomic E-state index is 0.124. The summed E-state index contributed by atoms with van der Waals surface area (Å²) in [5.41, 5.74) is 7.66. The number of phosphoric ester groups is 1. The number of fused-ring (bicyclic) bond motifs is 2. The Labute approximate surface area is 124 Å². The highest BCUT2D eigenvalue weighted by Crippen LogP contribution is 2.52. The lowest BCUT2D eigenvalue weighted by atomic mass is 10.1. The summed E-state index contributed by atoms with van der Waals surface area (Å²) in [7, 11) is -4.14. The van der Waals surface area contributed by atoms with Crippen molar-refractivity contribution in [3.8, 4) is 0 Å². The highest BCUT2D eigenvalue weighted by Gasteiger charge is 2.52. The number of nitrogens with two attached hydrogens (primary N) is 1. The van der Waals surface area contributed by atoms with Gasteiger partial charge in [0.05, 0.1) is 24.1 Å². The number of anilines is 1. The summed E-state index contributed by atoms with van der Waals surface area (Å²) < 4.78 is 28.5. The van der Waals surface area contributed by atoms with Gasteiger partial charge in [-0.15, -0.1) is 0 Å². The van der Waals surface area contributed by atoms with E-state index in [0.29, 0.717) is 16.7 Å². The van der Waals surface area contributed by atoms with Gasteiger partial charge < -0.3 is 25.0 Å². The molecule has 5 atom stereocenters. The predicted octanol–water partition coefficient (Wildman–Crippen LogP) is 0.393. The first-order valence-electron chi connectivity index (χ1n) is 6.66. The number of rotatable bonds is 1. The van der Waals surface area contributed by atoms with Crippen LogP contribution in [0, 0.1) is 0 Å². The van der Waals surface area contributed by atoms with Gasteiger partial charge >= 0.3 is 7.82 Å². The van der Waals surface area contributed by atoms with E-state index in [9.17, 15) is 14.6 Å². The van der Waals surface area contributed by atoms with Crippen molar-refractivity contribution in [3.63, 3.8) is 0 Å². The minimum Gasteiger partial charge on any atom is -0.397 e. The smallest absolute Gasteiger partial charge is 0.397 e. The van der Waals surface area contributed by atoms with Crippen LogP contribution in [0.15, 0.2) is 24.5 Å². The zero-order valence-electron chi connectivity index (χ0n) is 11.3. The Morgan fingerprint density at radius 3 is 3.09 bits per heavy atom. The van der Waals surface area contributed by atoms with Crippen LogP contribution in [0.1, 0.15) is 6.23 Å². The van der Waals surface area contributed by atoms with E-state index in [1.165, 1.54) is 6.33 Å². The van der Waals surface area contributed by atoms with E-state index in [-0.39, 0.29) is 6.61 Å². The maximum absolute atomic E-state index is 11.5. The molecular weight excluding hydrogens is 313 g/mol. The maximum Gasteiger partial charge on any atom is 0.472 e. The molecule has 4 N–H and O–H groups in total. The molecule has 2 aliphatic heterocycles. The fourth-order valence-corrected chi connectivity index (χ4v) is 3.81. The van der Waals surface area contributed by atoms with Gasteiger partial charge in [0.1, 0.15) is 23.8 Å². The van der Waals surface area contributed by atoms with Gasteiger partial charge in [0.15, 0.2) is 6.23 Å². The van der Waals surface area contributed by atoms with Crippen LogP contribution in [0.4, 0.5) is 5.69 Å². The van der Waals surface area contributed by atoms with E-state index < -0.39 is 32.4 Å². The van der Waals surface area contributed by atoms with E-state index in [0.717, 1.165) is 0 Å². The second-order valence-corrected chi connectivity index (χ2v) is 6.66. The Morgan fingerprint density at radius 1 is 1.45 bits per heavy atom. The summed E-state index contributed by atoms with van der Waals surface area (Å²) in [4.78, 5) is 13.6. The minimum atomic E-state index is -4.14. The van der Waals surface area contributed by atoms with Crippen molar-refractivity contribution >= 4 is 24.5 Å². The molecule has 0 bridgehead atoms. The number of ether oxygens (including phenoxy) is 1. The summed E-state index contributed by atoms with van der Waals surface area (Å²) >= 11 is 0. The third-order valence-electron chi connectivity index (χ3n) is 3.88. The molecule has 0 saturated carbocycles. The van der Waals surface area contributed by atoms with Crippen LogP contribution in [-0.2, 0) is 18.3 Å². The normalized spacial score (nSPS) is 38.3. The zero-order chi connectivity index (χ0) is 15.5. The van der Waals surface area contributed by atoms with Crippen molar-refractivity contribution in [2.75, 3.05) is 12.3 Å². The second kappa shape index (κ2) is 4.76. The maximum atomic E-state index is 11.5. The number of para-hydroxylation sites is 1. The van der Waals surface area contributed by atoms with Crippen LogP contribution in [0.2, 0.25) is 0 Å². The lowest BCUT2D eigenvalue weighted by Crippen LogP contribution is -2.39. The summed E-state index contributed by atoms with van der Waals surface area (Å²) in [6.07, 6.45) is -2.00. The summed E-state index contributed by atoms with van der Waals surface area (Å²) in [6.45, 7) is -0.124. The third-order valence-corrected chi connectivity index (χ3v) is 4.86. The first-order valence-corrected chi connectivity index (χ1v) is 8.16. The van der Waals surface area contributed by atoms with Gasteiger partial charge in [0.2, 0.25) is 0 Å². The molecule has 1 aromatic heterocycles. The Kier molecular flexibility index (Phi) is 3.06. The molecule has 3 heterocycles. The van der Waals surface area contributed by atoms with Crippen LogP contribution < -0.4 is 5.73 Å². The summed E-state index contributed by atoms with van der Waals surface area (Å²) in [5, 5.41) is 10.4. The fraction of sp³-hybridized carbons (Fsp3) is 0.417. The highest BCUT2D eigenvalue weighted by molar-refractivity contribution is 7.47. The number of aliphatic hydroxyl groups excluding tert-OH is 1. The number of phosphoric acid groups is 1. The van der Waals surface area contributed by atoms with Gasteiger partial charge in [-0.1, -0.05) is 6.07 Å². The number of aromatic nitrogens is 2. The molecule has 0 radical (unpaired) electrons. The summed E-state index contributed by atoms with van der Waals surface area (Å²) in [6, 6.07) is 5.29. The molecule has 2 saturated heterocycles. The molecule has 9 nitrogen and oxygen atoms in total. The van der Waals surface area contributed by atoms with Crippen molar-refractivity contribution in [1.29, 1.82) is 0 Å². The SMILES string of the molecule is Nc1cccc2c1ncn2[C@@H]1O[C@@H]2COP(=O)(O)O[C@H]2[C@H]1O. The van der Waals surface area contributed by atoms with Gasteiger partial charge in [-0.3, -0.25) is 9.05 Å². The molecule has 2 fully saturated rings. The molecule has 10 heteroatoms. The van der Waals surface area contributed by atoms with Crippen molar-refractivity contribution in [1.82, 2.24) is 9.55 Å². The standard InChI is InChI=1S/C12H14N3O6P/c13-6-2-1-3-7-9(6)14-5-15(7)12-10(16)11-8(20-12)4-19-22(17,18)21-11/h1-3,5,8,10-12,16H,4,13H2,(H,17,18)/t8-,10-,11-,12-/m1/s1. The van der Waals surface area contributed by atoms with Crippen molar-refractivity contribution < 1.29 is 28.3 Å². The molecule has 118 valence electrons. The lowest BCUT2D eigenvalue weighted by Gasteiger charge is -2.27. The van der Waals surface area contributed by atoms with E-state index in [1.807, 2.05) is 0 Å². The number of nitrogens with zero attached hydrogens (tertiary/aromatic N) is 2. The lowest BCUT2D eigenvalue weighted by molar-refractivity contribution is -0.0663. The van der Waals surface area contributed by atoms with Crippen molar-refractivity contribution in [2.45, 2.75) is 24.5 Å². The number of hydrogen-bond donors (Lipinski definition) is 3. The molecule has 1 unspecified atom stereocenters. The van der Waals surface area contributed by atoms with Gasteiger partial charge in [-0.2, -0.15) is 0 Å². The van der Waals surface area contributed by atoms with E-state index in [4.69, 9.17) is 19.5 Å². The third kappa shape index (κ3) is 2.06. The fourth-order valence-electron chi connectivity index (χ4n) is 2.85. The largest absolute Gasteiger partial charge is 0.472 e. The molecule has 0 amide bonds. The number of hydrogen-bond acceptors (Lipinski definition) is 7. The average molecular weight is 327 g/mol. The molecule has 2 aromatic rings. The average Bonchev–Trinajstić information content (AvgIpc) is 3.01. The molecule has 0 aliphatic carbocycles.